The van der Waals surface area contributed by atoms with Crippen LogP contribution in [0.2, 0.25) is 0 Å². The highest BCUT2D eigenvalue weighted by molar-refractivity contribution is 5.51. The molecule has 5 rings (SSSR count). The maximum Gasteiger partial charge on any atom is 0.269 e. The second-order valence-corrected chi connectivity index (χ2v) is 8.36. The lowest BCUT2D eigenvalue weighted by Crippen LogP contribution is -2.52. The summed E-state index contributed by atoms with van der Waals surface area (Å²) in [5.74, 6) is 1.69. The van der Waals surface area contributed by atoms with E-state index < -0.39 is 0 Å². The Morgan fingerprint density at radius 3 is 2.40 bits per heavy atom. The number of piperazine rings is 1. The van der Waals surface area contributed by atoms with Crippen LogP contribution in [0.5, 0.6) is 0 Å². The van der Waals surface area contributed by atoms with Gasteiger partial charge in [-0.1, -0.05) is 25.5 Å². The van der Waals surface area contributed by atoms with Crippen LogP contribution in [-0.2, 0) is 0 Å². The van der Waals surface area contributed by atoms with Crippen molar-refractivity contribution in [2.45, 2.75) is 26.7 Å². The molecule has 1 saturated carbocycles. The molecular formula is C20H27N3O2. The van der Waals surface area contributed by atoms with Gasteiger partial charge >= 0.3 is 0 Å². The lowest BCUT2D eigenvalue weighted by atomic mass is 9.49. The molecule has 0 spiro atoms. The van der Waals surface area contributed by atoms with Crippen LogP contribution in [0.3, 0.4) is 0 Å². The number of non-ortho nitro benzene ring substituents is 1. The van der Waals surface area contributed by atoms with Crippen molar-refractivity contribution in [3.8, 4) is 0 Å². The van der Waals surface area contributed by atoms with E-state index >= 15 is 0 Å². The van der Waals surface area contributed by atoms with E-state index in [0.717, 1.165) is 50.2 Å². The first-order chi connectivity index (χ1) is 11.9. The summed E-state index contributed by atoms with van der Waals surface area (Å²) >= 11 is 0. The zero-order valence-corrected chi connectivity index (χ0v) is 15.1. The smallest absolute Gasteiger partial charge is 0.269 e. The fourth-order valence-electron chi connectivity index (χ4n) is 4.86. The highest BCUT2D eigenvalue weighted by Crippen LogP contribution is 2.59. The van der Waals surface area contributed by atoms with Crippen molar-refractivity contribution in [2.24, 2.45) is 17.3 Å². The number of nitro groups is 1. The summed E-state index contributed by atoms with van der Waals surface area (Å²) in [6, 6.07) is 6.94. The molecule has 5 heteroatoms. The van der Waals surface area contributed by atoms with E-state index in [4.69, 9.17) is 0 Å². The summed E-state index contributed by atoms with van der Waals surface area (Å²) in [4.78, 5) is 15.3. The first kappa shape index (κ1) is 16.6. The number of rotatable bonds is 4. The first-order valence-electron chi connectivity index (χ1n) is 9.36. The van der Waals surface area contributed by atoms with Gasteiger partial charge in [-0.3, -0.25) is 15.0 Å². The molecule has 1 saturated heterocycles. The number of nitro benzene ring substituents is 1. The van der Waals surface area contributed by atoms with E-state index in [2.05, 4.69) is 29.7 Å². The predicted octanol–water partition coefficient (Wildman–Crippen LogP) is 3.71. The van der Waals surface area contributed by atoms with Crippen molar-refractivity contribution in [3.63, 3.8) is 0 Å². The maximum atomic E-state index is 10.8. The molecule has 1 aromatic carbocycles. The Balaban J connectivity index is 1.33. The van der Waals surface area contributed by atoms with E-state index in [1.54, 1.807) is 17.7 Å². The van der Waals surface area contributed by atoms with Gasteiger partial charge in [-0.25, -0.2) is 0 Å². The van der Waals surface area contributed by atoms with Crippen LogP contribution in [0.1, 0.15) is 26.7 Å². The normalized spacial score (nSPS) is 28.2. The summed E-state index contributed by atoms with van der Waals surface area (Å²) < 4.78 is 0. The van der Waals surface area contributed by atoms with E-state index in [1.165, 1.54) is 12.8 Å². The van der Waals surface area contributed by atoms with Gasteiger partial charge in [0, 0.05) is 50.5 Å². The standard InChI is InChI=1S/C20H27N3O2/c1-20(2)16-4-3-15(19(20)13-16)14-21-9-11-22(12-10-21)17-5-7-18(8-6-17)23(24)25/h3,5-8,16,19H,4,9-14H2,1-2H3/t16-,19-/m1/s1. The molecule has 2 fully saturated rings. The Labute approximate surface area is 149 Å². The van der Waals surface area contributed by atoms with E-state index in [1.807, 2.05) is 12.1 Å². The highest BCUT2D eigenvalue weighted by Gasteiger charge is 2.51. The largest absolute Gasteiger partial charge is 0.369 e. The van der Waals surface area contributed by atoms with Crippen LogP contribution < -0.4 is 4.90 Å². The Morgan fingerprint density at radius 2 is 1.84 bits per heavy atom. The number of hydrogen-bond acceptors (Lipinski definition) is 4. The monoisotopic (exact) mass is 341 g/mol. The lowest BCUT2D eigenvalue weighted by molar-refractivity contribution is -0.384. The number of anilines is 1. The SMILES string of the molecule is CC1(C)[C@@H]2CC=C(CN3CCN(c4ccc([N+](=O)[O-])cc4)CC3)[C@H]1C2. The van der Waals surface area contributed by atoms with E-state index in [-0.39, 0.29) is 10.6 Å². The average molecular weight is 341 g/mol. The van der Waals surface area contributed by atoms with Crippen molar-refractivity contribution in [3.05, 3.63) is 46.0 Å². The molecule has 0 unspecified atom stereocenters. The van der Waals surface area contributed by atoms with Crippen LogP contribution in [0.15, 0.2) is 35.9 Å². The summed E-state index contributed by atoms with van der Waals surface area (Å²) in [6.45, 7) is 10.1. The third kappa shape index (κ3) is 2.95. The molecule has 3 aliphatic carbocycles. The molecule has 25 heavy (non-hydrogen) atoms. The number of fused-ring (bicyclic) bond motifs is 1. The molecule has 134 valence electrons. The van der Waals surface area contributed by atoms with Gasteiger partial charge in [0.05, 0.1) is 4.92 Å². The van der Waals surface area contributed by atoms with Crippen LogP contribution in [-0.4, -0.2) is 42.5 Å². The van der Waals surface area contributed by atoms with Crippen molar-refractivity contribution in [2.75, 3.05) is 37.6 Å². The topological polar surface area (TPSA) is 49.6 Å². The van der Waals surface area contributed by atoms with Gasteiger partial charge < -0.3 is 4.90 Å². The predicted molar refractivity (Wildman–Crippen MR) is 99.8 cm³/mol. The third-order valence-electron chi connectivity index (χ3n) is 6.79. The molecule has 0 amide bonds. The highest BCUT2D eigenvalue weighted by atomic mass is 16.6. The molecule has 1 aromatic rings. The summed E-state index contributed by atoms with van der Waals surface area (Å²) in [5.41, 5.74) is 3.42. The molecule has 0 radical (unpaired) electrons. The molecular weight excluding hydrogens is 314 g/mol. The average Bonchev–Trinajstić information content (AvgIpc) is 2.62. The molecule has 2 bridgehead atoms. The third-order valence-corrected chi connectivity index (χ3v) is 6.79. The van der Waals surface area contributed by atoms with Crippen LogP contribution >= 0.6 is 0 Å². The maximum absolute atomic E-state index is 10.8. The first-order valence-corrected chi connectivity index (χ1v) is 9.36. The molecule has 1 aliphatic heterocycles. The minimum absolute atomic E-state index is 0.160. The Hall–Kier alpha value is -1.88. The summed E-state index contributed by atoms with van der Waals surface area (Å²) in [5, 5.41) is 10.8. The lowest BCUT2D eigenvalue weighted by Gasteiger charge is -2.57. The Morgan fingerprint density at radius 1 is 1.16 bits per heavy atom. The molecule has 2 atom stereocenters. The number of hydrogen-bond donors (Lipinski definition) is 0. The van der Waals surface area contributed by atoms with Crippen LogP contribution in [0.25, 0.3) is 0 Å². The quantitative estimate of drug-likeness (QED) is 0.476. The van der Waals surface area contributed by atoms with Gasteiger partial charge in [-0.05, 0) is 42.2 Å². The number of nitrogens with zero attached hydrogens (tertiary/aromatic N) is 3. The van der Waals surface area contributed by atoms with E-state index in [9.17, 15) is 10.1 Å². The minimum atomic E-state index is -0.341. The fraction of sp³-hybridized carbons (Fsp3) is 0.600. The Bertz CT molecular complexity index is 687. The zero-order chi connectivity index (χ0) is 17.6. The van der Waals surface area contributed by atoms with Crippen molar-refractivity contribution < 1.29 is 4.92 Å². The molecule has 1 heterocycles. The zero-order valence-electron chi connectivity index (χ0n) is 15.1. The summed E-state index contributed by atoms with van der Waals surface area (Å²) in [7, 11) is 0. The fourth-order valence-corrected chi connectivity index (χ4v) is 4.86. The van der Waals surface area contributed by atoms with Gasteiger partial charge in [0.2, 0.25) is 0 Å². The van der Waals surface area contributed by atoms with Crippen molar-refractivity contribution in [1.82, 2.24) is 4.90 Å². The summed E-state index contributed by atoms with van der Waals surface area (Å²) in [6.07, 6.45) is 5.16. The van der Waals surface area contributed by atoms with Gasteiger partial charge in [0.1, 0.15) is 0 Å². The molecule has 0 N–H and O–H groups in total. The molecule has 4 aliphatic rings. The Kier molecular flexibility index (Phi) is 4.07. The van der Waals surface area contributed by atoms with Crippen LogP contribution in [0, 0.1) is 27.4 Å². The second-order valence-electron chi connectivity index (χ2n) is 8.36. The molecule has 0 aromatic heterocycles. The van der Waals surface area contributed by atoms with Crippen LogP contribution in [0.4, 0.5) is 11.4 Å². The van der Waals surface area contributed by atoms with Crippen molar-refractivity contribution >= 4 is 11.4 Å². The van der Waals surface area contributed by atoms with E-state index in [0.29, 0.717) is 5.41 Å². The van der Waals surface area contributed by atoms with Gasteiger partial charge in [0.25, 0.3) is 5.69 Å². The van der Waals surface area contributed by atoms with Gasteiger partial charge in [-0.2, -0.15) is 0 Å². The van der Waals surface area contributed by atoms with Crippen molar-refractivity contribution in [1.29, 1.82) is 0 Å². The second kappa shape index (κ2) is 6.13. The van der Waals surface area contributed by atoms with Gasteiger partial charge in [-0.15, -0.1) is 0 Å². The number of allylic oxidation sites excluding steroid dienone is 1. The van der Waals surface area contributed by atoms with Gasteiger partial charge in [0.15, 0.2) is 0 Å². The molecule has 5 nitrogen and oxygen atoms in total. The number of benzene rings is 1. The minimum Gasteiger partial charge on any atom is -0.369 e.